The number of carbonyl (C=O) groups excluding carboxylic acids is 3. The second-order valence-electron chi connectivity index (χ2n) is 7.20. The van der Waals surface area contributed by atoms with Crippen molar-refractivity contribution < 1.29 is 19.1 Å². The number of esters is 1. The number of ether oxygens (including phenoxy) is 1. The maximum Gasteiger partial charge on any atom is 0.310 e. The molecule has 7 nitrogen and oxygen atoms in total. The second-order valence-corrected chi connectivity index (χ2v) is 7.20. The SMILES string of the molecule is CCN(CC)c1ccc(C(=O)NNC(=O)COC(=O)Cc2cccc3ccccc23)cc1. The van der Waals surface area contributed by atoms with Crippen LogP contribution in [0.25, 0.3) is 10.8 Å². The lowest BCUT2D eigenvalue weighted by Crippen LogP contribution is -2.43. The molecule has 0 fully saturated rings. The molecule has 0 unspecified atom stereocenters. The predicted molar refractivity (Wildman–Crippen MR) is 124 cm³/mol. The van der Waals surface area contributed by atoms with Gasteiger partial charge in [0, 0.05) is 24.3 Å². The van der Waals surface area contributed by atoms with E-state index in [0.29, 0.717) is 5.56 Å². The predicted octanol–water partition coefficient (Wildman–Crippen LogP) is 3.23. The zero-order valence-corrected chi connectivity index (χ0v) is 18.3. The highest BCUT2D eigenvalue weighted by Crippen LogP contribution is 2.19. The molecular weight excluding hydrogens is 406 g/mol. The van der Waals surface area contributed by atoms with Gasteiger partial charge in [0.05, 0.1) is 6.42 Å². The Hall–Kier alpha value is -3.87. The van der Waals surface area contributed by atoms with E-state index in [9.17, 15) is 14.4 Å². The fourth-order valence-corrected chi connectivity index (χ4v) is 3.45. The molecule has 2 amide bonds. The van der Waals surface area contributed by atoms with Gasteiger partial charge in [0.1, 0.15) is 0 Å². The standard InChI is InChI=1S/C25H27N3O4/c1-3-28(4-2)21-14-12-19(13-15-21)25(31)27-26-23(29)17-32-24(30)16-20-10-7-9-18-8-5-6-11-22(18)20/h5-15H,3-4,16-17H2,1-2H3,(H,26,29)(H,27,31). The number of nitrogens with zero attached hydrogens (tertiary/aromatic N) is 1. The van der Waals surface area contributed by atoms with Crippen molar-refractivity contribution >= 4 is 34.2 Å². The number of amides is 2. The fourth-order valence-electron chi connectivity index (χ4n) is 3.45. The van der Waals surface area contributed by atoms with Crippen LogP contribution in [0.3, 0.4) is 0 Å². The Morgan fingerprint density at radius 3 is 2.25 bits per heavy atom. The average molecular weight is 434 g/mol. The Morgan fingerprint density at radius 2 is 1.53 bits per heavy atom. The lowest BCUT2D eigenvalue weighted by molar-refractivity contribution is -0.148. The van der Waals surface area contributed by atoms with Gasteiger partial charge in [-0.3, -0.25) is 25.2 Å². The van der Waals surface area contributed by atoms with Crippen LogP contribution in [0.4, 0.5) is 5.69 Å². The van der Waals surface area contributed by atoms with Crippen LogP contribution in [-0.2, 0) is 20.7 Å². The smallest absolute Gasteiger partial charge is 0.310 e. The summed E-state index contributed by atoms with van der Waals surface area (Å²) < 4.78 is 5.05. The van der Waals surface area contributed by atoms with Crippen LogP contribution in [0.15, 0.2) is 66.7 Å². The number of benzene rings is 3. The van der Waals surface area contributed by atoms with Crippen molar-refractivity contribution in [3.05, 3.63) is 77.9 Å². The summed E-state index contributed by atoms with van der Waals surface area (Å²) in [6, 6.07) is 20.6. The molecule has 0 aromatic heterocycles. The summed E-state index contributed by atoms with van der Waals surface area (Å²) in [5, 5.41) is 2.00. The summed E-state index contributed by atoms with van der Waals surface area (Å²) >= 11 is 0. The number of carbonyl (C=O) groups is 3. The van der Waals surface area contributed by atoms with Crippen molar-refractivity contribution in [2.45, 2.75) is 20.3 Å². The highest BCUT2D eigenvalue weighted by molar-refractivity contribution is 5.96. The molecule has 3 aromatic carbocycles. The first-order valence-corrected chi connectivity index (χ1v) is 10.6. The Balaban J connectivity index is 1.45. The molecule has 0 saturated heterocycles. The van der Waals surface area contributed by atoms with Crippen molar-refractivity contribution in [1.29, 1.82) is 0 Å². The molecule has 0 bridgehead atoms. The number of hydrazine groups is 1. The van der Waals surface area contributed by atoms with E-state index in [4.69, 9.17) is 4.74 Å². The Labute approximate surface area is 187 Å². The van der Waals surface area contributed by atoms with Gasteiger partial charge in [-0.25, -0.2) is 0 Å². The second kappa shape index (κ2) is 10.9. The Kier molecular flexibility index (Phi) is 7.80. The average Bonchev–Trinajstić information content (AvgIpc) is 2.82. The quantitative estimate of drug-likeness (QED) is 0.421. The highest BCUT2D eigenvalue weighted by Gasteiger charge is 2.12. The van der Waals surface area contributed by atoms with Crippen molar-refractivity contribution in [3.8, 4) is 0 Å². The molecule has 0 aliphatic heterocycles. The third-order valence-electron chi connectivity index (χ3n) is 5.15. The van der Waals surface area contributed by atoms with Gasteiger partial charge >= 0.3 is 5.97 Å². The van der Waals surface area contributed by atoms with E-state index in [1.54, 1.807) is 12.1 Å². The topological polar surface area (TPSA) is 87.7 Å². The first-order chi connectivity index (χ1) is 15.5. The third kappa shape index (κ3) is 5.85. The first-order valence-electron chi connectivity index (χ1n) is 10.6. The number of nitrogens with one attached hydrogen (secondary N) is 2. The van der Waals surface area contributed by atoms with E-state index in [0.717, 1.165) is 35.1 Å². The highest BCUT2D eigenvalue weighted by atomic mass is 16.5. The van der Waals surface area contributed by atoms with Crippen LogP contribution in [0.2, 0.25) is 0 Å². The normalized spacial score (nSPS) is 10.4. The van der Waals surface area contributed by atoms with E-state index >= 15 is 0 Å². The van der Waals surface area contributed by atoms with Crippen molar-refractivity contribution in [2.75, 3.05) is 24.6 Å². The van der Waals surface area contributed by atoms with Gasteiger partial charge in [-0.05, 0) is 54.4 Å². The molecule has 32 heavy (non-hydrogen) atoms. The summed E-state index contributed by atoms with van der Waals surface area (Å²) in [6.45, 7) is 5.39. The van der Waals surface area contributed by atoms with Gasteiger partial charge < -0.3 is 9.64 Å². The molecule has 0 aliphatic rings. The molecule has 0 heterocycles. The van der Waals surface area contributed by atoms with Crippen molar-refractivity contribution in [3.63, 3.8) is 0 Å². The molecule has 0 spiro atoms. The van der Waals surface area contributed by atoms with Crippen LogP contribution in [0, 0.1) is 0 Å². The number of anilines is 1. The zero-order chi connectivity index (χ0) is 22.9. The van der Waals surface area contributed by atoms with E-state index in [1.165, 1.54) is 0 Å². The molecule has 0 radical (unpaired) electrons. The van der Waals surface area contributed by atoms with E-state index in [2.05, 4.69) is 29.6 Å². The van der Waals surface area contributed by atoms with Crippen LogP contribution in [-0.4, -0.2) is 37.5 Å². The van der Waals surface area contributed by atoms with E-state index in [-0.39, 0.29) is 6.42 Å². The summed E-state index contributed by atoms with van der Waals surface area (Å²) in [5.41, 5.74) is 6.85. The molecule has 3 aromatic rings. The van der Waals surface area contributed by atoms with Crippen LogP contribution in [0.5, 0.6) is 0 Å². The minimum atomic E-state index is -0.621. The number of fused-ring (bicyclic) bond motifs is 1. The van der Waals surface area contributed by atoms with Gasteiger partial charge in [0.15, 0.2) is 6.61 Å². The molecule has 166 valence electrons. The lowest BCUT2D eigenvalue weighted by Gasteiger charge is -2.21. The summed E-state index contributed by atoms with van der Waals surface area (Å²) in [6.07, 6.45) is 0.0554. The van der Waals surface area contributed by atoms with Crippen LogP contribution in [0.1, 0.15) is 29.8 Å². The molecule has 0 saturated carbocycles. The van der Waals surface area contributed by atoms with Gasteiger partial charge in [-0.2, -0.15) is 0 Å². The number of rotatable bonds is 8. The minimum absolute atomic E-state index is 0.0554. The summed E-state index contributed by atoms with van der Waals surface area (Å²) in [4.78, 5) is 38.5. The lowest BCUT2D eigenvalue weighted by atomic mass is 10.0. The maximum atomic E-state index is 12.2. The van der Waals surface area contributed by atoms with Gasteiger partial charge in [0.25, 0.3) is 11.8 Å². The van der Waals surface area contributed by atoms with Gasteiger partial charge in [-0.15, -0.1) is 0 Å². The Morgan fingerprint density at radius 1 is 0.844 bits per heavy atom. The Bertz CT molecular complexity index is 1090. The van der Waals surface area contributed by atoms with Crippen LogP contribution < -0.4 is 15.8 Å². The van der Waals surface area contributed by atoms with E-state index < -0.39 is 24.4 Å². The van der Waals surface area contributed by atoms with Gasteiger partial charge in [0.2, 0.25) is 0 Å². The third-order valence-corrected chi connectivity index (χ3v) is 5.15. The van der Waals surface area contributed by atoms with E-state index in [1.807, 2.05) is 54.6 Å². The monoisotopic (exact) mass is 433 g/mol. The fraction of sp³-hybridized carbons (Fsp3) is 0.240. The van der Waals surface area contributed by atoms with Crippen molar-refractivity contribution in [2.24, 2.45) is 0 Å². The number of hydrogen-bond donors (Lipinski definition) is 2. The van der Waals surface area contributed by atoms with Gasteiger partial charge in [-0.1, -0.05) is 42.5 Å². The maximum absolute atomic E-state index is 12.2. The minimum Gasteiger partial charge on any atom is -0.455 e. The summed E-state index contributed by atoms with van der Waals surface area (Å²) in [7, 11) is 0. The van der Waals surface area contributed by atoms with Crippen molar-refractivity contribution in [1.82, 2.24) is 10.9 Å². The molecule has 0 atom stereocenters. The molecule has 3 rings (SSSR count). The molecule has 7 heteroatoms. The number of hydrogen-bond acceptors (Lipinski definition) is 5. The van der Waals surface area contributed by atoms with Crippen LogP contribution >= 0.6 is 0 Å². The largest absolute Gasteiger partial charge is 0.455 e. The first kappa shape index (κ1) is 22.8. The summed E-state index contributed by atoms with van der Waals surface area (Å²) in [5.74, 6) is -1.59. The molecule has 2 N–H and O–H groups in total. The molecular formula is C25H27N3O4. The molecule has 0 aliphatic carbocycles. The zero-order valence-electron chi connectivity index (χ0n) is 18.3.